The monoisotopic (exact) mass is 461 g/mol. The number of amides is 1. The summed E-state index contributed by atoms with van der Waals surface area (Å²) in [5.74, 6) is -0.157. The summed E-state index contributed by atoms with van der Waals surface area (Å²) < 4.78 is 11.0. The molecule has 178 valence electrons. The van der Waals surface area contributed by atoms with E-state index in [2.05, 4.69) is 24.1 Å². The Morgan fingerprint density at radius 2 is 1.85 bits per heavy atom. The Morgan fingerprint density at radius 1 is 1.12 bits per heavy atom. The lowest BCUT2D eigenvalue weighted by Gasteiger charge is -2.32. The summed E-state index contributed by atoms with van der Waals surface area (Å²) in [5, 5.41) is 3.58. The highest BCUT2D eigenvalue weighted by molar-refractivity contribution is 6.06. The van der Waals surface area contributed by atoms with E-state index in [4.69, 9.17) is 14.5 Å². The molecule has 2 aromatic carbocycles. The molecular formula is C27H31N3O4. The Labute approximate surface area is 200 Å². The number of carbonyl (C=O) groups is 2. The van der Waals surface area contributed by atoms with Crippen LogP contribution in [0.5, 0.6) is 5.75 Å². The number of carbonyl (C=O) groups excluding carboxylic acids is 2. The summed E-state index contributed by atoms with van der Waals surface area (Å²) >= 11 is 0. The Bertz CT molecular complexity index is 1190. The maximum Gasteiger partial charge on any atom is 0.340 e. The van der Waals surface area contributed by atoms with Gasteiger partial charge >= 0.3 is 5.97 Å². The fourth-order valence-electron chi connectivity index (χ4n) is 4.29. The van der Waals surface area contributed by atoms with Crippen molar-refractivity contribution in [1.29, 1.82) is 0 Å². The van der Waals surface area contributed by atoms with Crippen LogP contribution in [0, 0.1) is 0 Å². The SMILES string of the molecule is CCC(OC(=O)c1c2c(nc3ccccc13)CCN(C(C)C)C2)C(=O)Nc1ccc(OC)cc1. The van der Waals surface area contributed by atoms with Crippen LogP contribution in [0.4, 0.5) is 5.69 Å². The molecular weight excluding hydrogens is 430 g/mol. The van der Waals surface area contributed by atoms with Gasteiger partial charge < -0.3 is 14.8 Å². The van der Waals surface area contributed by atoms with Crippen LogP contribution >= 0.6 is 0 Å². The Morgan fingerprint density at radius 3 is 2.53 bits per heavy atom. The number of hydrogen-bond donors (Lipinski definition) is 1. The second-order valence-electron chi connectivity index (χ2n) is 8.76. The molecule has 7 heteroatoms. The second kappa shape index (κ2) is 10.2. The van der Waals surface area contributed by atoms with Gasteiger partial charge in [-0.3, -0.25) is 14.7 Å². The highest BCUT2D eigenvalue weighted by atomic mass is 16.5. The molecule has 4 rings (SSSR count). The van der Waals surface area contributed by atoms with Crippen LogP contribution in [0.3, 0.4) is 0 Å². The van der Waals surface area contributed by atoms with Crippen LogP contribution in [0.1, 0.15) is 48.8 Å². The van der Waals surface area contributed by atoms with Gasteiger partial charge in [-0.15, -0.1) is 0 Å². The van der Waals surface area contributed by atoms with Crippen LogP contribution in [0.15, 0.2) is 48.5 Å². The molecule has 3 aromatic rings. The zero-order valence-corrected chi connectivity index (χ0v) is 20.1. The van der Waals surface area contributed by atoms with Crippen molar-refractivity contribution in [3.05, 3.63) is 65.4 Å². The molecule has 1 N–H and O–H groups in total. The summed E-state index contributed by atoms with van der Waals surface area (Å²) in [4.78, 5) is 33.6. The van der Waals surface area contributed by atoms with E-state index in [9.17, 15) is 9.59 Å². The number of anilines is 1. The van der Waals surface area contributed by atoms with Gasteiger partial charge in [-0.05, 0) is 50.6 Å². The molecule has 7 nitrogen and oxygen atoms in total. The van der Waals surface area contributed by atoms with E-state index < -0.39 is 12.1 Å². The third kappa shape index (κ3) is 4.89. The van der Waals surface area contributed by atoms with Gasteiger partial charge in [0.05, 0.1) is 18.2 Å². The van der Waals surface area contributed by atoms with E-state index in [0.29, 0.717) is 36.0 Å². The van der Waals surface area contributed by atoms with E-state index in [1.165, 1.54) is 0 Å². The lowest BCUT2D eigenvalue weighted by Crippen LogP contribution is -2.38. The van der Waals surface area contributed by atoms with E-state index in [1.807, 2.05) is 31.2 Å². The number of para-hydroxylation sites is 1. The standard InChI is InChI=1S/C27H31N3O4/c1-5-24(26(31)28-18-10-12-19(33-4)13-11-18)34-27(32)25-20-8-6-7-9-22(20)29-23-14-15-30(17(2)3)16-21(23)25/h6-13,17,24H,5,14-16H2,1-4H3,(H,28,31). The fraction of sp³-hybridized carbons (Fsp3) is 0.370. The Kier molecular flexibility index (Phi) is 7.12. The maximum atomic E-state index is 13.6. The number of pyridine rings is 1. The summed E-state index contributed by atoms with van der Waals surface area (Å²) in [5.41, 5.74) is 3.72. The van der Waals surface area contributed by atoms with Gasteiger partial charge in [0.25, 0.3) is 5.91 Å². The zero-order chi connectivity index (χ0) is 24.2. The minimum Gasteiger partial charge on any atom is -0.497 e. The minimum atomic E-state index is -0.915. The largest absolute Gasteiger partial charge is 0.497 e. The van der Waals surface area contributed by atoms with Crippen molar-refractivity contribution in [2.45, 2.75) is 52.3 Å². The number of methoxy groups -OCH3 is 1. The summed E-state index contributed by atoms with van der Waals surface area (Å²) in [6.07, 6.45) is 0.215. The lowest BCUT2D eigenvalue weighted by atomic mass is 9.95. The van der Waals surface area contributed by atoms with Gasteiger partial charge in [0, 0.05) is 47.9 Å². The van der Waals surface area contributed by atoms with Crippen LogP contribution in [0.25, 0.3) is 10.9 Å². The van der Waals surface area contributed by atoms with E-state index >= 15 is 0 Å². The van der Waals surface area contributed by atoms with Crippen LogP contribution < -0.4 is 10.1 Å². The van der Waals surface area contributed by atoms with Gasteiger partial charge in [-0.2, -0.15) is 0 Å². The molecule has 0 radical (unpaired) electrons. The molecule has 1 atom stereocenters. The molecule has 1 aliphatic rings. The number of benzene rings is 2. The highest BCUT2D eigenvalue weighted by Crippen LogP contribution is 2.30. The number of nitrogens with zero attached hydrogens (tertiary/aromatic N) is 2. The van der Waals surface area contributed by atoms with E-state index in [1.54, 1.807) is 31.4 Å². The molecule has 0 bridgehead atoms. The Balaban J connectivity index is 1.62. The van der Waals surface area contributed by atoms with Crippen LogP contribution in [-0.4, -0.2) is 47.6 Å². The van der Waals surface area contributed by atoms with Crippen molar-refractivity contribution in [2.24, 2.45) is 0 Å². The van der Waals surface area contributed by atoms with Gasteiger partial charge in [-0.25, -0.2) is 4.79 Å². The second-order valence-corrected chi connectivity index (χ2v) is 8.76. The number of esters is 1. The van der Waals surface area contributed by atoms with Crippen molar-refractivity contribution in [1.82, 2.24) is 9.88 Å². The predicted octanol–water partition coefficient (Wildman–Crippen LogP) is 4.58. The number of hydrogen-bond acceptors (Lipinski definition) is 6. The van der Waals surface area contributed by atoms with Crippen molar-refractivity contribution < 1.29 is 19.1 Å². The van der Waals surface area contributed by atoms with Gasteiger partial charge in [0.1, 0.15) is 5.75 Å². The average Bonchev–Trinajstić information content (AvgIpc) is 2.85. The molecule has 1 aromatic heterocycles. The molecule has 34 heavy (non-hydrogen) atoms. The zero-order valence-electron chi connectivity index (χ0n) is 20.1. The minimum absolute atomic E-state index is 0.349. The van der Waals surface area contributed by atoms with Crippen molar-refractivity contribution >= 4 is 28.5 Å². The molecule has 1 aliphatic heterocycles. The maximum absolute atomic E-state index is 13.6. The number of aromatic nitrogens is 1. The van der Waals surface area contributed by atoms with Crippen molar-refractivity contribution in [3.63, 3.8) is 0 Å². The molecule has 1 unspecified atom stereocenters. The quantitative estimate of drug-likeness (QED) is 0.519. The molecule has 0 aliphatic carbocycles. The first kappa shape index (κ1) is 23.7. The first-order chi connectivity index (χ1) is 16.4. The Hall–Kier alpha value is -3.45. The summed E-state index contributed by atoms with van der Waals surface area (Å²) in [7, 11) is 1.59. The normalized spacial score (nSPS) is 14.5. The molecule has 0 saturated heterocycles. The first-order valence-corrected chi connectivity index (χ1v) is 11.7. The summed E-state index contributed by atoms with van der Waals surface area (Å²) in [6, 6.07) is 15.0. The first-order valence-electron chi connectivity index (χ1n) is 11.7. The number of nitrogens with one attached hydrogen (secondary N) is 1. The smallest absolute Gasteiger partial charge is 0.340 e. The third-order valence-corrected chi connectivity index (χ3v) is 6.28. The predicted molar refractivity (Wildman–Crippen MR) is 132 cm³/mol. The third-order valence-electron chi connectivity index (χ3n) is 6.28. The molecule has 0 spiro atoms. The average molecular weight is 462 g/mol. The lowest BCUT2D eigenvalue weighted by molar-refractivity contribution is -0.124. The van der Waals surface area contributed by atoms with Crippen LogP contribution in [-0.2, 0) is 22.5 Å². The fourth-order valence-corrected chi connectivity index (χ4v) is 4.29. The number of ether oxygens (including phenoxy) is 2. The van der Waals surface area contributed by atoms with Gasteiger partial charge in [0.15, 0.2) is 6.10 Å². The highest BCUT2D eigenvalue weighted by Gasteiger charge is 2.30. The molecule has 0 fully saturated rings. The number of rotatable bonds is 7. The van der Waals surface area contributed by atoms with E-state index in [0.717, 1.165) is 35.1 Å². The number of fused-ring (bicyclic) bond motifs is 2. The van der Waals surface area contributed by atoms with Crippen molar-refractivity contribution in [3.8, 4) is 5.75 Å². The van der Waals surface area contributed by atoms with Crippen LogP contribution in [0.2, 0.25) is 0 Å². The van der Waals surface area contributed by atoms with Gasteiger partial charge in [0.2, 0.25) is 0 Å². The summed E-state index contributed by atoms with van der Waals surface area (Å²) in [6.45, 7) is 7.64. The molecule has 0 saturated carbocycles. The van der Waals surface area contributed by atoms with Gasteiger partial charge in [-0.1, -0.05) is 25.1 Å². The molecule has 2 heterocycles. The van der Waals surface area contributed by atoms with E-state index in [-0.39, 0.29) is 5.91 Å². The molecule has 1 amide bonds. The topological polar surface area (TPSA) is 80.8 Å². The van der Waals surface area contributed by atoms with Crippen molar-refractivity contribution in [2.75, 3.05) is 19.0 Å².